The Labute approximate surface area is 605 Å². The van der Waals surface area contributed by atoms with Gasteiger partial charge >= 0.3 is 0 Å². The van der Waals surface area contributed by atoms with Crippen LogP contribution in [0.15, 0.2) is 315 Å². The van der Waals surface area contributed by atoms with Crippen LogP contribution in [0.25, 0.3) is 188 Å². The van der Waals surface area contributed by atoms with E-state index in [2.05, 4.69) is 153 Å². The molecule has 5 nitrogen and oxygen atoms in total. The molecule has 106 heavy (non-hydrogen) atoms. The summed E-state index contributed by atoms with van der Waals surface area (Å²) in [5, 5.41) is 14.4. The van der Waals surface area contributed by atoms with Crippen LogP contribution in [0, 0.1) is 29.1 Å². The molecule has 19 aromatic rings. The summed E-state index contributed by atoms with van der Waals surface area (Å²) < 4.78 is 72.3. The van der Waals surface area contributed by atoms with Crippen molar-refractivity contribution in [2.45, 2.75) is 19.3 Å². The maximum Gasteiger partial charge on any atom is 0.164 e. The maximum atomic E-state index is 14.8. The molecule has 0 aliphatic heterocycles. The second-order valence-electron chi connectivity index (χ2n) is 27.6. The van der Waals surface area contributed by atoms with Gasteiger partial charge in [0, 0.05) is 65.5 Å². The molecule has 3 aromatic heterocycles. The van der Waals surface area contributed by atoms with E-state index >= 15 is 0 Å². The van der Waals surface area contributed by atoms with Crippen LogP contribution >= 0.6 is 0 Å². The van der Waals surface area contributed by atoms with Crippen LogP contribution in [0.1, 0.15) is 25.0 Å². The van der Waals surface area contributed by atoms with Crippen LogP contribution in [0.3, 0.4) is 0 Å². The van der Waals surface area contributed by atoms with Crippen LogP contribution in [0.4, 0.5) is 22.0 Å². The van der Waals surface area contributed by atoms with E-state index in [9.17, 15) is 22.0 Å². The molecular formula is C96H58F5N5. The van der Waals surface area contributed by atoms with E-state index in [1.165, 1.54) is 35.9 Å². The molecule has 0 saturated carbocycles. The number of aromatic nitrogens is 5. The van der Waals surface area contributed by atoms with Gasteiger partial charge in [-0.1, -0.05) is 257 Å². The monoisotopic (exact) mass is 1380 g/mol. The van der Waals surface area contributed by atoms with Gasteiger partial charge in [0.05, 0.1) is 22.4 Å². The van der Waals surface area contributed by atoms with Crippen molar-refractivity contribution >= 4 is 86.4 Å². The number of hydrogen-bond donors (Lipinski definition) is 0. The molecule has 0 radical (unpaired) electrons. The van der Waals surface area contributed by atoms with E-state index in [-0.39, 0.29) is 11.2 Å². The van der Waals surface area contributed by atoms with Gasteiger partial charge in [0.2, 0.25) is 0 Å². The molecule has 0 spiro atoms. The SMILES string of the molecule is CC1(C)c2cc(F)ccc2-c2ccc(-c3cccc(-c4ccc5c(c4)nc(-c4ccc(F)c(F)c4)c4c6ccccc6c6ccccc6c54)c3)cc21.Fc1ccc(-c2nc3cc(-c4ccc(-c5nc(-c6ccccc6)nc(-c6ccccc6)n5)cc4)ccc3c3c4ccccc4c4ccccc4c23)cc1F. The lowest BCUT2D eigenvalue weighted by atomic mass is 9.81. The lowest BCUT2D eigenvalue weighted by Crippen LogP contribution is -2.15. The van der Waals surface area contributed by atoms with Crippen molar-refractivity contribution in [3.63, 3.8) is 0 Å². The summed E-state index contributed by atoms with van der Waals surface area (Å²) in [7, 11) is 0. The Morgan fingerprint density at radius 1 is 0.217 bits per heavy atom. The number of hydrogen-bond acceptors (Lipinski definition) is 5. The van der Waals surface area contributed by atoms with Gasteiger partial charge in [0.25, 0.3) is 0 Å². The normalized spacial score (nSPS) is 12.4. The summed E-state index contributed by atoms with van der Waals surface area (Å²) >= 11 is 0. The zero-order chi connectivity index (χ0) is 71.5. The second kappa shape index (κ2) is 25.2. The molecule has 10 heteroatoms. The highest BCUT2D eigenvalue weighted by molar-refractivity contribution is 6.35. The smallest absolute Gasteiger partial charge is 0.164 e. The Hall–Kier alpha value is -13.4. The molecule has 0 atom stereocenters. The van der Waals surface area contributed by atoms with Gasteiger partial charge in [0.1, 0.15) is 5.82 Å². The molecule has 0 unspecified atom stereocenters. The van der Waals surface area contributed by atoms with Crippen molar-refractivity contribution < 1.29 is 22.0 Å². The van der Waals surface area contributed by atoms with Crippen molar-refractivity contribution in [1.29, 1.82) is 0 Å². The highest BCUT2D eigenvalue weighted by Gasteiger charge is 2.36. The van der Waals surface area contributed by atoms with Gasteiger partial charge in [-0.25, -0.2) is 46.9 Å². The zero-order valence-corrected chi connectivity index (χ0v) is 57.1. The first-order valence-electron chi connectivity index (χ1n) is 35.1. The van der Waals surface area contributed by atoms with Crippen LogP contribution in [-0.2, 0) is 5.41 Å². The Kier molecular flexibility index (Phi) is 15.1. The van der Waals surface area contributed by atoms with E-state index in [0.29, 0.717) is 40.0 Å². The first kappa shape index (κ1) is 63.5. The summed E-state index contributed by atoms with van der Waals surface area (Å²) in [5.41, 5.74) is 16.7. The molecule has 20 rings (SSSR count). The lowest BCUT2D eigenvalue weighted by molar-refractivity contribution is 0.509. The molecule has 1 aliphatic rings. The second-order valence-corrected chi connectivity index (χ2v) is 27.6. The third-order valence-electron chi connectivity index (χ3n) is 21.1. The van der Waals surface area contributed by atoms with E-state index < -0.39 is 23.3 Å². The van der Waals surface area contributed by atoms with Gasteiger partial charge in [0.15, 0.2) is 40.7 Å². The van der Waals surface area contributed by atoms with E-state index in [0.717, 1.165) is 153 Å². The molecule has 0 N–H and O–H groups in total. The Morgan fingerprint density at radius 3 is 1.00 bits per heavy atom. The van der Waals surface area contributed by atoms with Crippen molar-refractivity contribution in [2.75, 3.05) is 0 Å². The van der Waals surface area contributed by atoms with Gasteiger partial charge < -0.3 is 0 Å². The number of benzene rings is 16. The first-order valence-corrected chi connectivity index (χ1v) is 35.1. The predicted octanol–water partition coefficient (Wildman–Crippen LogP) is 25.9. The fraction of sp³-hybridized carbons (Fsp3) is 0.0312. The van der Waals surface area contributed by atoms with Crippen molar-refractivity contribution in [3.05, 3.63) is 356 Å². The number of rotatable bonds is 8. The molecule has 1 aliphatic carbocycles. The molecule has 0 bridgehead atoms. The highest BCUT2D eigenvalue weighted by Crippen LogP contribution is 2.51. The quantitative estimate of drug-likeness (QED) is 0.112. The first-order chi connectivity index (χ1) is 51.8. The largest absolute Gasteiger partial charge is 0.247 e. The fourth-order valence-electron chi connectivity index (χ4n) is 15.9. The molecule has 0 fully saturated rings. The topological polar surface area (TPSA) is 64.5 Å². The number of fused-ring (bicyclic) bond motifs is 19. The van der Waals surface area contributed by atoms with Crippen LogP contribution < -0.4 is 0 Å². The minimum absolute atomic E-state index is 0.219. The van der Waals surface area contributed by atoms with Crippen LogP contribution in [0.5, 0.6) is 0 Å². The fourth-order valence-corrected chi connectivity index (χ4v) is 15.9. The van der Waals surface area contributed by atoms with Gasteiger partial charge in [-0.3, -0.25) is 0 Å². The highest BCUT2D eigenvalue weighted by atomic mass is 19.2. The third-order valence-corrected chi connectivity index (χ3v) is 21.1. The molecular weight excluding hydrogens is 1320 g/mol. The molecule has 16 aromatic carbocycles. The summed E-state index contributed by atoms with van der Waals surface area (Å²) in [4.78, 5) is 25.0. The van der Waals surface area contributed by atoms with Crippen molar-refractivity contribution in [3.8, 4) is 101 Å². The lowest BCUT2D eigenvalue weighted by Gasteiger charge is -2.22. The summed E-state index contributed by atoms with van der Waals surface area (Å²) in [6, 6.07) is 102. The summed E-state index contributed by atoms with van der Waals surface area (Å²) in [5.74, 6) is -2.03. The number of pyridine rings is 2. The van der Waals surface area contributed by atoms with Gasteiger partial charge in [-0.15, -0.1) is 0 Å². The average Bonchev–Trinajstić information content (AvgIpc) is 0.861. The van der Waals surface area contributed by atoms with Crippen molar-refractivity contribution in [1.82, 2.24) is 24.9 Å². The van der Waals surface area contributed by atoms with Crippen LogP contribution in [0.2, 0.25) is 0 Å². The van der Waals surface area contributed by atoms with Crippen LogP contribution in [-0.4, -0.2) is 24.9 Å². The van der Waals surface area contributed by atoms with Crippen molar-refractivity contribution in [2.24, 2.45) is 0 Å². The molecule has 502 valence electrons. The molecule has 0 saturated heterocycles. The van der Waals surface area contributed by atoms with E-state index in [4.69, 9.17) is 24.9 Å². The molecule has 3 heterocycles. The standard InChI is InChI=1S/C48H30F3N.C48H28F2N4/c1-48(2)40-23-29(14-18-35(40)36-20-17-32(49)26-41(36)48)27-8-7-9-28(22-27)30-15-19-39-44(25-30)52-47(31-16-21-42(50)43(51)24-31)46-38-13-6-4-11-34(38)33-10-3-5-12-37(33)45(39)46;49-40-26-24-34(27-41(40)50)45-44-38-18-10-8-16-36(38)35-15-7-9-17-37(35)43(44)39-25-23-33(28-42(39)51-45)29-19-21-32(22-20-29)48-53-46(30-11-3-1-4-12-30)52-47(54-48)31-13-5-2-6-14-31/h3-26H,1-2H3;1-28H. The minimum atomic E-state index is -0.911. The Bertz CT molecular complexity index is 6800. The maximum absolute atomic E-state index is 14.8. The van der Waals surface area contributed by atoms with Gasteiger partial charge in [-0.2, -0.15) is 0 Å². The minimum Gasteiger partial charge on any atom is -0.247 e. The Morgan fingerprint density at radius 2 is 0.547 bits per heavy atom. The van der Waals surface area contributed by atoms with Gasteiger partial charge in [-0.05, 0) is 172 Å². The Balaban J connectivity index is 0.000000145. The van der Waals surface area contributed by atoms with E-state index in [1.807, 2.05) is 127 Å². The number of nitrogens with zero attached hydrogens (tertiary/aromatic N) is 5. The number of halogens is 5. The predicted molar refractivity (Wildman–Crippen MR) is 423 cm³/mol. The molecule has 0 amide bonds. The summed E-state index contributed by atoms with van der Waals surface area (Å²) in [6.45, 7) is 4.31. The third kappa shape index (κ3) is 10.7. The zero-order valence-electron chi connectivity index (χ0n) is 57.1. The average molecular weight is 1380 g/mol. The van der Waals surface area contributed by atoms with E-state index in [1.54, 1.807) is 18.2 Å². The summed E-state index contributed by atoms with van der Waals surface area (Å²) in [6.07, 6.45) is 0.